The number of carbonyl (C=O) groups is 1. The van der Waals surface area contributed by atoms with Crippen molar-refractivity contribution in [2.45, 2.75) is 19.8 Å². The van der Waals surface area contributed by atoms with E-state index in [1.54, 1.807) is 6.92 Å². The van der Waals surface area contributed by atoms with E-state index >= 15 is 0 Å². The molecule has 0 N–H and O–H groups in total. The van der Waals surface area contributed by atoms with Crippen molar-refractivity contribution in [3.8, 4) is 0 Å². The molecule has 0 spiro atoms. The van der Waals surface area contributed by atoms with Crippen molar-refractivity contribution in [3.05, 3.63) is 0 Å². The number of piperidine rings is 1. The Morgan fingerprint density at radius 1 is 1.28 bits per heavy atom. The van der Waals surface area contributed by atoms with Crippen molar-refractivity contribution in [2.75, 3.05) is 47.8 Å². The summed E-state index contributed by atoms with van der Waals surface area (Å²) < 4.78 is 0. The summed E-state index contributed by atoms with van der Waals surface area (Å²) in [5.74, 6) is 1.66. The number of likely N-dealkylation sites (tertiary alicyclic amines) is 1. The number of hydrogen-bond donors (Lipinski definition) is 0. The first-order chi connectivity index (χ1) is 8.41. The predicted octanol–water partition coefficient (Wildman–Crippen LogP) is 0.724. The Morgan fingerprint density at radius 2 is 1.89 bits per heavy atom. The Hall–Kier alpha value is -1.26. The van der Waals surface area contributed by atoms with Crippen LogP contribution in [0.5, 0.6) is 0 Å². The number of rotatable bonds is 2. The number of nitrogens with zero attached hydrogens (tertiary/aromatic N) is 4. The lowest BCUT2D eigenvalue weighted by Crippen LogP contribution is -2.40. The van der Waals surface area contributed by atoms with E-state index in [1.807, 2.05) is 42.9 Å². The Labute approximate surface area is 110 Å². The van der Waals surface area contributed by atoms with Gasteiger partial charge in [0.05, 0.1) is 0 Å². The van der Waals surface area contributed by atoms with Crippen LogP contribution in [-0.2, 0) is 4.79 Å². The lowest BCUT2D eigenvalue weighted by atomic mass is 9.98. The van der Waals surface area contributed by atoms with Crippen LogP contribution in [0, 0.1) is 5.92 Å². The molecule has 104 valence electrons. The first kappa shape index (κ1) is 14.8. The summed E-state index contributed by atoms with van der Waals surface area (Å²) in [5.41, 5.74) is 0. The number of aliphatic imine (C=N–C) groups is 1. The average Bonchev–Trinajstić information content (AvgIpc) is 2.28. The fraction of sp³-hybridized carbons (Fsp3) is 0.846. The van der Waals surface area contributed by atoms with Gasteiger partial charge in [-0.3, -0.25) is 9.79 Å². The SMILES string of the molecule is CC(=O)N1CCCC(CN=C(N(C)C)N(C)C)C1. The van der Waals surface area contributed by atoms with Gasteiger partial charge in [-0.1, -0.05) is 0 Å². The number of hydrogen-bond acceptors (Lipinski definition) is 2. The second kappa shape index (κ2) is 6.61. The summed E-state index contributed by atoms with van der Waals surface area (Å²) in [6.45, 7) is 4.21. The molecule has 18 heavy (non-hydrogen) atoms. The first-order valence-corrected chi connectivity index (χ1v) is 6.56. The highest BCUT2D eigenvalue weighted by Crippen LogP contribution is 2.17. The fourth-order valence-corrected chi connectivity index (χ4v) is 2.39. The zero-order valence-electron chi connectivity index (χ0n) is 12.3. The van der Waals surface area contributed by atoms with E-state index < -0.39 is 0 Å². The fourth-order valence-electron chi connectivity index (χ4n) is 2.39. The molecule has 0 saturated carbocycles. The molecule has 1 saturated heterocycles. The van der Waals surface area contributed by atoms with Gasteiger partial charge in [0.25, 0.3) is 0 Å². The van der Waals surface area contributed by atoms with Crippen LogP contribution in [-0.4, -0.2) is 74.4 Å². The van der Waals surface area contributed by atoms with E-state index in [-0.39, 0.29) is 5.91 Å². The van der Waals surface area contributed by atoms with Crippen LogP contribution in [0.1, 0.15) is 19.8 Å². The summed E-state index contributed by atoms with van der Waals surface area (Å²) in [6, 6.07) is 0. The van der Waals surface area contributed by atoms with E-state index in [1.165, 1.54) is 6.42 Å². The van der Waals surface area contributed by atoms with Gasteiger partial charge in [-0.15, -0.1) is 0 Å². The Bertz CT molecular complexity index is 302. The van der Waals surface area contributed by atoms with Crippen molar-refractivity contribution in [2.24, 2.45) is 10.9 Å². The van der Waals surface area contributed by atoms with Crippen molar-refractivity contribution in [1.82, 2.24) is 14.7 Å². The van der Waals surface area contributed by atoms with Gasteiger partial charge in [0.15, 0.2) is 5.96 Å². The van der Waals surface area contributed by atoms with Crippen LogP contribution in [0.3, 0.4) is 0 Å². The van der Waals surface area contributed by atoms with Gasteiger partial charge < -0.3 is 14.7 Å². The lowest BCUT2D eigenvalue weighted by molar-refractivity contribution is -0.130. The van der Waals surface area contributed by atoms with Gasteiger partial charge in [0.2, 0.25) is 5.91 Å². The third-order valence-electron chi connectivity index (χ3n) is 3.26. The molecule has 1 unspecified atom stereocenters. The molecular formula is C13H26N4O. The van der Waals surface area contributed by atoms with Gasteiger partial charge in [-0.05, 0) is 18.8 Å². The normalized spacial score (nSPS) is 19.4. The van der Waals surface area contributed by atoms with Crippen molar-refractivity contribution >= 4 is 11.9 Å². The van der Waals surface area contributed by atoms with Crippen molar-refractivity contribution in [1.29, 1.82) is 0 Å². The Kier molecular flexibility index (Phi) is 5.44. The maximum atomic E-state index is 11.4. The average molecular weight is 254 g/mol. The second-order valence-corrected chi connectivity index (χ2v) is 5.40. The molecule has 1 rings (SSSR count). The van der Waals surface area contributed by atoms with Gasteiger partial charge >= 0.3 is 0 Å². The second-order valence-electron chi connectivity index (χ2n) is 5.40. The molecule has 1 aliphatic heterocycles. The van der Waals surface area contributed by atoms with Crippen LogP contribution in [0.25, 0.3) is 0 Å². The van der Waals surface area contributed by atoms with Gasteiger partial charge in [-0.2, -0.15) is 0 Å². The van der Waals surface area contributed by atoms with Gasteiger partial charge in [0, 0.05) is 54.7 Å². The highest BCUT2D eigenvalue weighted by atomic mass is 16.2. The maximum absolute atomic E-state index is 11.4. The number of amides is 1. The van der Waals surface area contributed by atoms with Crippen LogP contribution >= 0.6 is 0 Å². The third-order valence-corrected chi connectivity index (χ3v) is 3.26. The quantitative estimate of drug-likeness (QED) is 0.538. The molecule has 0 aromatic rings. The monoisotopic (exact) mass is 254 g/mol. The molecule has 5 nitrogen and oxygen atoms in total. The van der Waals surface area contributed by atoms with Gasteiger partial charge in [0.1, 0.15) is 0 Å². The Balaban J connectivity index is 2.56. The maximum Gasteiger partial charge on any atom is 0.219 e. The summed E-state index contributed by atoms with van der Waals surface area (Å²) in [6.07, 6.45) is 2.26. The zero-order chi connectivity index (χ0) is 13.7. The first-order valence-electron chi connectivity index (χ1n) is 6.56. The van der Waals surface area contributed by atoms with Crippen molar-refractivity contribution in [3.63, 3.8) is 0 Å². The van der Waals surface area contributed by atoms with Gasteiger partial charge in [-0.25, -0.2) is 0 Å². The van der Waals surface area contributed by atoms with E-state index in [0.29, 0.717) is 5.92 Å². The topological polar surface area (TPSA) is 39.2 Å². The third kappa shape index (κ3) is 4.20. The van der Waals surface area contributed by atoms with Crippen LogP contribution in [0.2, 0.25) is 0 Å². The predicted molar refractivity (Wildman–Crippen MR) is 74.7 cm³/mol. The number of carbonyl (C=O) groups excluding carboxylic acids is 1. The van der Waals surface area contributed by atoms with E-state index in [0.717, 1.165) is 32.0 Å². The largest absolute Gasteiger partial charge is 0.349 e. The molecule has 1 fully saturated rings. The minimum Gasteiger partial charge on any atom is -0.349 e. The summed E-state index contributed by atoms with van der Waals surface area (Å²) in [5, 5.41) is 0. The standard InChI is InChI=1S/C13H26N4O/c1-11(18)17-8-6-7-12(10-17)9-14-13(15(2)3)16(4)5/h12H,6-10H2,1-5H3. The summed E-state index contributed by atoms with van der Waals surface area (Å²) in [4.78, 5) is 22.0. The molecule has 1 atom stereocenters. The van der Waals surface area contributed by atoms with Crippen molar-refractivity contribution < 1.29 is 4.79 Å². The molecular weight excluding hydrogens is 228 g/mol. The Morgan fingerprint density at radius 3 is 2.39 bits per heavy atom. The molecule has 0 radical (unpaired) electrons. The molecule has 5 heteroatoms. The minimum absolute atomic E-state index is 0.184. The summed E-state index contributed by atoms with van der Waals surface area (Å²) >= 11 is 0. The van der Waals surface area contributed by atoms with Crippen LogP contribution in [0.15, 0.2) is 4.99 Å². The van der Waals surface area contributed by atoms with Crippen LogP contribution in [0.4, 0.5) is 0 Å². The molecule has 1 heterocycles. The molecule has 0 aromatic carbocycles. The molecule has 1 amide bonds. The smallest absolute Gasteiger partial charge is 0.219 e. The molecule has 0 aliphatic carbocycles. The molecule has 1 aliphatic rings. The highest BCUT2D eigenvalue weighted by Gasteiger charge is 2.21. The molecule has 0 aromatic heterocycles. The van der Waals surface area contributed by atoms with E-state index in [2.05, 4.69) is 4.99 Å². The van der Waals surface area contributed by atoms with E-state index in [9.17, 15) is 4.79 Å². The highest BCUT2D eigenvalue weighted by molar-refractivity contribution is 5.79. The van der Waals surface area contributed by atoms with Crippen LogP contribution < -0.4 is 0 Å². The zero-order valence-corrected chi connectivity index (χ0v) is 12.3. The minimum atomic E-state index is 0.184. The van der Waals surface area contributed by atoms with E-state index in [4.69, 9.17) is 0 Å². The summed E-state index contributed by atoms with van der Waals surface area (Å²) in [7, 11) is 8.01. The number of guanidine groups is 1. The lowest BCUT2D eigenvalue weighted by Gasteiger charge is -2.32. The molecule has 0 bridgehead atoms.